The van der Waals surface area contributed by atoms with Crippen molar-refractivity contribution >= 4 is 23.9 Å². The lowest BCUT2D eigenvalue weighted by Crippen LogP contribution is -2.29. The average molecular weight is 363 g/mol. The fourth-order valence-corrected chi connectivity index (χ4v) is 2.49. The molecule has 0 aliphatic heterocycles. The standard InChI is InChI=1S/C18H23ClN4O2/c1-12-15(10-20-21-17(24)25-18(3,4)5)13(2)23(22-12)11-14-8-6-7-9-16(14)19/h6-10H,11H2,1-5H3,(H,21,24)/b20-10+. The summed E-state index contributed by atoms with van der Waals surface area (Å²) < 4.78 is 7.00. The first-order valence-electron chi connectivity index (χ1n) is 7.97. The van der Waals surface area contributed by atoms with Crippen LogP contribution in [0.3, 0.4) is 0 Å². The number of aromatic nitrogens is 2. The summed E-state index contributed by atoms with van der Waals surface area (Å²) in [5.41, 5.74) is 5.39. The van der Waals surface area contributed by atoms with Gasteiger partial charge >= 0.3 is 6.09 Å². The first-order chi connectivity index (χ1) is 11.7. The number of aryl methyl sites for hydroxylation is 1. The zero-order chi connectivity index (χ0) is 18.6. The van der Waals surface area contributed by atoms with E-state index in [9.17, 15) is 4.79 Å². The van der Waals surface area contributed by atoms with Crippen molar-refractivity contribution in [1.82, 2.24) is 15.2 Å². The number of hydrogen-bond donors (Lipinski definition) is 1. The molecule has 0 atom stereocenters. The molecule has 0 bridgehead atoms. The second kappa shape index (κ2) is 7.70. The van der Waals surface area contributed by atoms with Gasteiger partial charge in [0.25, 0.3) is 0 Å². The van der Waals surface area contributed by atoms with E-state index in [2.05, 4.69) is 15.6 Å². The number of carbonyl (C=O) groups is 1. The van der Waals surface area contributed by atoms with E-state index in [-0.39, 0.29) is 0 Å². The van der Waals surface area contributed by atoms with Crippen LogP contribution in [0.1, 0.15) is 43.3 Å². The number of hydrogen-bond acceptors (Lipinski definition) is 4. The smallest absolute Gasteiger partial charge is 0.428 e. The molecule has 2 rings (SSSR count). The van der Waals surface area contributed by atoms with Gasteiger partial charge in [-0.2, -0.15) is 10.2 Å². The summed E-state index contributed by atoms with van der Waals surface area (Å²) in [7, 11) is 0. The SMILES string of the molecule is Cc1nn(Cc2ccccc2Cl)c(C)c1/C=N/NC(=O)OC(C)(C)C. The van der Waals surface area contributed by atoms with Gasteiger partial charge in [0, 0.05) is 16.3 Å². The molecule has 1 aromatic heterocycles. The van der Waals surface area contributed by atoms with Crippen LogP contribution in [0.2, 0.25) is 5.02 Å². The molecule has 6 nitrogen and oxygen atoms in total. The van der Waals surface area contributed by atoms with Gasteiger partial charge in [0.2, 0.25) is 0 Å². The van der Waals surface area contributed by atoms with Crippen molar-refractivity contribution in [3.63, 3.8) is 0 Å². The number of amides is 1. The molecule has 0 radical (unpaired) electrons. The Morgan fingerprint density at radius 3 is 2.68 bits per heavy atom. The van der Waals surface area contributed by atoms with E-state index < -0.39 is 11.7 Å². The Morgan fingerprint density at radius 1 is 1.36 bits per heavy atom. The molecule has 0 unspecified atom stereocenters. The molecule has 0 aliphatic rings. The maximum Gasteiger partial charge on any atom is 0.428 e. The predicted molar refractivity (Wildman–Crippen MR) is 99.2 cm³/mol. The van der Waals surface area contributed by atoms with Crippen molar-refractivity contribution in [1.29, 1.82) is 0 Å². The van der Waals surface area contributed by atoms with Crippen LogP contribution in [-0.2, 0) is 11.3 Å². The van der Waals surface area contributed by atoms with Crippen LogP contribution >= 0.6 is 11.6 Å². The van der Waals surface area contributed by atoms with E-state index in [1.165, 1.54) is 0 Å². The molecule has 134 valence electrons. The molecule has 1 aromatic carbocycles. The first-order valence-corrected chi connectivity index (χ1v) is 8.34. The highest BCUT2D eigenvalue weighted by Gasteiger charge is 2.16. The van der Waals surface area contributed by atoms with Crippen molar-refractivity contribution < 1.29 is 9.53 Å². The highest BCUT2D eigenvalue weighted by Crippen LogP contribution is 2.18. The zero-order valence-corrected chi connectivity index (χ0v) is 15.9. The summed E-state index contributed by atoms with van der Waals surface area (Å²) in [5.74, 6) is 0. The molecule has 7 heteroatoms. The second-order valence-electron chi connectivity index (χ2n) is 6.71. The number of nitrogens with zero attached hydrogens (tertiary/aromatic N) is 3. The Labute approximate surface area is 152 Å². The molecular formula is C18H23ClN4O2. The Bertz CT molecular complexity index is 791. The fraction of sp³-hybridized carbons (Fsp3) is 0.389. The second-order valence-corrected chi connectivity index (χ2v) is 7.11. The van der Waals surface area contributed by atoms with Gasteiger partial charge < -0.3 is 4.74 Å². The third kappa shape index (κ3) is 5.32. The largest absolute Gasteiger partial charge is 0.443 e. The number of carbonyl (C=O) groups excluding carboxylic acids is 1. The van der Waals surface area contributed by atoms with Crippen LogP contribution in [0.5, 0.6) is 0 Å². The normalized spacial score (nSPS) is 11.8. The van der Waals surface area contributed by atoms with Gasteiger partial charge in [-0.15, -0.1) is 0 Å². The Kier molecular flexibility index (Phi) is 5.85. The van der Waals surface area contributed by atoms with Gasteiger partial charge in [-0.05, 0) is 46.2 Å². The summed E-state index contributed by atoms with van der Waals surface area (Å²) in [6.07, 6.45) is 0.979. The van der Waals surface area contributed by atoms with Gasteiger partial charge in [-0.3, -0.25) is 4.68 Å². The van der Waals surface area contributed by atoms with E-state index in [4.69, 9.17) is 16.3 Å². The fourth-order valence-electron chi connectivity index (χ4n) is 2.29. The van der Waals surface area contributed by atoms with E-state index >= 15 is 0 Å². The zero-order valence-electron chi connectivity index (χ0n) is 15.1. The van der Waals surface area contributed by atoms with Crippen LogP contribution in [0.25, 0.3) is 0 Å². The third-order valence-electron chi connectivity index (χ3n) is 3.46. The van der Waals surface area contributed by atoms with E-state index in [1.807, 2.05) is 42.8 Å². The van der Waals surface area contributed by atoms with Crippen LogP contribution in [0.4, 0.5) is 4.79 Å². The number of benzene rings is 1. The highest BCUT2D eigenvalue weighted by atomic mass is 35.5. The number of halogens is 1. The summed E-state index contributed by atoms with van der Waals surface area (Å²) in [4.78, 5) is 11.6. The minimum atomic E-state index is -0.595. The molecule has 0 spiro atoms. The monoisotopic (exact) mass is 362 g/mol. The molecule has 25 heavy (non-hydrogen) atoms. The quantitative estimate of drug-likeness (QED) is 0.658. The van der Waals surface area contributed by atoms with Crippen molar-refractivity contribution in [3.8, 4) is 0 Å². The molecule has 0 saturated heterocycles. The summed E-state index contributed by atoms with van der Waals surface area (Å²) >= 11 is 6.22. The average Bonchev–Trinajstić information content (AvgIpc) is 2.75. The number of nitrogens with one attached hydrogen (secondary N) is 1. The summed E-state index contributed by atoms with van der Waals surface area (Å²) in [6.45, 7) is 9.80. The molecule has 1 heterocycles. The molecule has 1 N–H and O–H groups in total. The predicted octanol–water partition coefficient (Wildman–Crippen LogP) is 4.06. The van der Waals surface area contributed by atoms with Crippen LogP contribution in [-0.4, -0.2) is 27.7 Å². The Morgan fingerprint density at radius 2 is 2.04 bits per heavy atom. The lowest BCUT2D eigenvalue weighted by Gasteiger charge is -2.18. The topological polar surface area (TPSA) is 68.5 Å². The molecule has 0 aliphatic carbocycles. The van der Waals surface area contributed by atoms with Crippen molar-refractivity contribution in [2.45, 2.75) is 46.8 Å². The first kappa shape index (κ1) is 19.0. The summed E-state index contributed by atoms with van der Waals surface area (Å²) in [5, 5.41) is 9.19. The number of ether oxygens (including phenoxy) is 1. The molecule has 2 aromatic rings. The molecule has 0 saturated carbocycles. The maximum absolute atomic E-state index is 11.6. The maximum atomic E-state index is 11.6. The minimum absolute atomic E-state index is 0.564. The summed E-state index contributed by atoms with van der Waals surface area (Å²) in [6, 6.07) is 7.67. The number of hydrazone groups is 1. The van der Waals surface area contributed by atoms with E-state index in [0.717, 1.165) is 22.5 Å². The van der Waals surface area contributed by atoms with E-state index in [0.29, 0.717) is 11.6 Å². The lowest BCUT2D eigenvalue weighted by atomic mass is 10.2. The van der Waals surface area contributed by atoms with Gasteiger partial charge in [0.05, 0.1) is 18.5 Å². The van der Waals surface area contributed by atoms with Gasteiger partial charge in [0.1, 0.15) is 5.60 Å². The van der Waals surface area contributed by atoms with Gasteiger partial charge in [0.15, 0.2) is 0 Å². The van der Waals surface area contributed by atoms with Crippen LogP contribution in [0.15, 0.2) is 29.4 Å². The molecule has 1 amide bonds. The third-order valence-corrected chi connectivity index (χ3v) is 3.83. The molecule has 0 fully saturated rings. The van der Waals surface area contributed by atoms with Crippen LogP contribution < -0.4 is 5.43 Å². The van der Waals surface area contributed by atoms with Gasteiger partial charge in [-0.1, -0.05) is 29.8 Å². The van der Waals surface area contributed by atoms with Crippen molar-refractivity contribution in [2.24, 2.45) is 5.10 Å². The van der Waals surface area contributed by atoms with Crippen molar-refractivity contribution in [3.05, 3.63) is 51.8 Å². The highest BCUT2D eigenvalue weighted by molar-refractivity contribution is 6.31. The Hall–Kier alpha value is -2.34. The minimum Gasteiger partial charge on any atom is -0.443 e. The van der Waals surface area contributed by atoms with Crippen molar-refractivity contribution in [2.75, 3.05) is 0 Å². The van der Waals surface area contributed by atoms with Gasteiger partial charge in [-0.25, -0.2) is 10.2 Å². The lowest BCUT2D eigenvalue weighted by molar-refractivity contribution is 0.0529. The van der Waals surface area contributed by atoms with E-state index in [1.54, 1.807) is 27.0 Å². The van der Waals surface area contributed by atoms with Crippen LogP contribution in [0, 0.1) is 13.8 Å². The molecular weight excluding hydrogens is 340 g/mol. The Balaban J connectivity index is 2.10. The number of rotatable bonds is 4.